The number of amides is 1. The Hall–Kier alpha value is -2.65. The van der Waals surface area contributed by atoms with Crippen molar-refractivity contribution in [2.75, 3.05) is 11.9 Å². The second kappa shape index (κ2) is 10.5. The molecule has 9 heteroatoms. The molecule has 0 bridgehead atoms. The minimum atomic E-state index is -0.411. The Bertz CT molecular complexity index is 1140. The maximum atomic E-state index is 13.0. The highest BCUT2D eigenvalue weighted by Crippen LogP contribution is 2.39. The average Bonchev–Trinajstić information content (AvgIpc) is 3.34. The lowest BCUT2D eigenvalue weighted by atomic mass is 9.95. The number of rotatable bonds is 8. The number of carbonyl (C=O) groups is 2. The van der Waals surface area contributed by atoms with Gasteiger partial charge in [0.05, 0.1) is 17.4 Å². The van der Waals surface area contributed by atoms with Crippen LogP contribution >= 0.6 is 23.1 Å². The molecule has 1 aromatic carbocycles. The summed E-state index contributed by atoms with van der Waals surface area (Å²) >= 11 is 2.86. The predicted octanol–water partition coefficient (Wildman–Crippen LogP) is 4.64. The monoisotopic (exact) mass is 484 g/mol. The molecule has 2 heterocycles. The van der Waals surface area contributed by atoms with Crippen LogP contribution in [0.5, 0.6) is 0 Å². The van der Waals surface area contributed by atoms with Crippen LogP contribution < -0.4 is 5.32 Å². The largest absolute Gasteiger partial charge is 0.462 e. The topological polar surface area (TPSA) is 86.1 Å². The molecule has 0 unspecified atom stereocenters. The third-order valence-electron chi connectivity index (χ3n) is 5.67. The molecule has 3 aromatic rings. The Labute approximate surface area is 201 Å². The first-order chi connectivity index (χ1) is 16.0. The molecule has 33 heavy (non-hydrogen) atoms. The summed E-state index contributed by atoms with van der Waals surface area (Å²) in [5.74, 6) is 0.315. The summed E-state index contributed by atoms with van der Waals surface area (Å²) in [6.45, 7) is 3.93. The van der Waals surface area contributed by atoms with E-state index in [2.05, 4.69) is 27.6 Å². The van der Waals surface area contributed by atoms with Crippen molar-refractivity contribution >= 4 is 40.0 Å². The number of carbonyl (C=O) groups excluding carboxylic acids is 2. The number of thioether (sulfide) groups is 1. The number of hydrogen-bond acceptors (Lipinski definition) is 7. The average molecular weight is 485 g/mol. The van der Waals surface area contributed by atoms with Crippen molar-refractivity contribution in [3.05, 3.63) is 57.7 Å². The number of aromatic nitrogens is 3. The number of hydrogen-bond donors (Lipinski definition) is 1. The van der Waals surface area contributed by atoms with E-state index in [4.69, 9.17) is 4.74 Å². The smallest absolute Gasteiger partial charge is 0.341 e. The minimum Gasteiger partial charge on any atom is -0.462 e. The summed E-state index contributed by atoms with van der Waals surface area (Å²) in [6.07, 6.45) is 4.62. The molecule has 1 amide bonds. The van der Waals surface area contributed by atoms with Crippen LogP contribution in [0.3, 0.4) is 0 Å². The second-order valence-corrected chi connectivity index (χ2v) is 10.4. The zero-order valence-corrected chi connectivity index (χ0v) is 20.7. The number of nitrogens with one attached hydrogen (secondary N) is 1. The molecule has 0 saturated heterocycles. The van der Waals surface area contributed by atoms with Gasteiger partial charge in [0.2, 0.25) is 5.91 Å². The van der Waals surface area contributed by atoms with Crippen molar-refractivity contribution < 1.29 is 14.3 Å². The Kier molecular flexibility index (Phi) is 7.49. The van der Waals surface area contributed by atoms with Gasteiger partial charge >= 0.3 is 5.97 Å². The SMILES string of the molecule is CCOC(=O)c1c(NC(=O)[C@H](C)Sc2nnc(Cc3ccccc3)n2C)sc2c1CCCC2. The van der Waals surface area contributed by atoms with E-state index in [1.54, 1.807) is 6.92 Å². The molecule has 4 rings (SSSR count). The number of nitrogens with zero attached hydrogens (tertiary/aromatic N) is 3. The lowest BCUT2D eigenvalue weighted by molar-refractivity contribution is -0.115. The molecule has 2 aromatic heterocycles. The number of thiophene rings is 1. The lowest BCUT2D eigenvalue weighted by Crippen LogP contribution is -2.23. The van der Waals surface area contributed by atoms with Gasteiger partial charge in [0.25, 0.3) is 0 Å². The third kappa shape index (κ3) is 5.30. The number of anilines is 1. The van der Waals surface area contributed by atoms with Gasteiger partial charge in [0, 0.05) is 18.3 Å². The summed E-state index contributed by atoms with van der Waals surface area (Å²) in [4.78, 5) is 26.9. The van der Waals surface area contributed by atoms with Crippen LogP contribution in [-0.4, -0.2) is 38.5 Å². The molecular formula is C24H28N4O3S2. The highest BCUT2D eigenvalue weighted by molar-refractivity contribution is 8.00. The summed E-state index contributed by atoms with van der Waals surface area (Å²) in [5, 5.41) is 12.5. The quantitative estimate of drug-likeness (QED) is 0.370. The van der Waals surface area contributed by atoms with Gasteiger partial charge in [-0.05, 0) is 50.7 Å². The predicted molar refractivity (Wildman–Crippen MR) is 131 cm³/mol. The number of fused-ring (bicyclic) bond motifs is 1. The molecule has 0 aliphatic heterocycles. The summed E-state index contributed by atoms with van der Waals surface area (Å²) < 4.78 is 7.21. The Morgan fingerprint density at radius 2 is 1.97 bits per heavy atom. The third-order valence-corrected chi connectivity index (χ3v) is 8.01. The standard InChI is InChI=1S/C24H28N4O3S2/c1-4-31-23(30)20-17-12-8-9-13-18(17)33-22(20)25-21(29)15(2)32-24-27-26-19(28(24)3)14-16-10-6-5-7-11-16/h5-7,10-11,15H,4,8-9,12-14H2,1-3H3,(H,25,29)/t15-/m0/s1. The fraction of sp³-hybridized carbons (Fsp3) is 0.417. The molecule has 1 N–H and O–H groups in total. The van der Waals surface area contributed by atoms with Crippen molar-refractivity contribution in [1.82, 2.24) is 14.8 Å². The van der Waals surface area contributed by atoms with Gasteiger partial charge < -0.3 is 14.6 Å². The minimum absolute atomic E-state index is 0.170. The molecule has 1 aliphatic carbocycles. The van der Waals surface area contributed by atoms with Crippen molar-refractivity contribution in [3.8, 4) is 0 Å². The van der Waals surface area contributed by atoms with Crippen LogP contribution in [0.2, 0.25) is 0 Å². The number of aryl methyl sites for hydroxylation is 1. The molecule has 1 atom stereocenters. The van der Waals surface area contributed by atoms with Gasteiger partial charge in [0.1, 0.15) is 10.8 Å². The van der Waals surface area contributed by atoms with E-state index in [0.29, 0.717) is 28.7 Å². The van der Waals surface area contributed by atoms with Gasteiger partial charge in [-0.2, -0.15) is 0 Å². The van der Waals surface area contributed by atoms with Crippen molar-refractivity contribution in [2.24, 2.45) is 7.05 Å². The lowest BCUT2D eigenvalue weighted by Gasteiger charge is -2.13. The van der Waals surface area contributed by atoms with Crippen LogP contribution in [0.1, 0.15) is 58.9 Å². The van der Waals surface area contributed by atoms with E-state index in [9.17, 15) is 9.59 Å². The van der Waals surface area contributed by atoms with Gasteiger partial charge in [-0.3, -0.25) is 4.79 Å². The molecule has 0 saturated carbocycles. The molecule has 1 aliphatic rings. The Morgan fingerprint density at radius 3 is 2.73 bits per heavy atom. The van der Waals surface area contributed by atoms with Crippen molar-refractivity contribution in [2.45, 2.75) is 56.4 Å². The number of benzene rings is 1. The van der Waals surface area contributed by atoms with E-state index >= 15 is 0 Å². The zero-order valence-electron chi connectivity index (χ0n) is 19.1. The van der Waals surface area contributed by atoms with Crippen molar-refractivity contribution in [1.29, 1.82) is 0 Å². The second-order valence-electron chi connectivity index (χ2n) is 8.01. The molecular weight excluding hydrogens is 456 g/mol. The first kappa shape index (κ1) is 23.5. The summed E-state index contributed by atoms with van der Waals surface area (Å²) in [7, 11) is 1.91. The number of esters is 1. The molecule has 174 valence electrons. The number of ether oxygens (including phenoxy) is 1. The molecule has 7 nitrogen and oxygen atoms in total. The van der Waals surface area contributed by atoms with Crippen LogP contribution in [0.4, 0.5) is 5.00 Å². The van der Waals surface area contributed by atoms with Crippen molar-refractivity contribution in [3.63, 3.8) is 0 Å². The van der Waals surface area contributed by atoms with E-state index in [0.717, 1.165) is 42.6 Å². The maximum absolute atomic E-state index is 13.0. The Morgan fingerprint density at radius 1 is 1.21 bits per heavy atom. The normalized spacial score (nSPS) is 13.9. The van der Waals surface area contributed by atoms with Gasteiger partial charge in [0.15, 0.2) is 5.16 Å². The van der Waals surface area contributed by atoms with Gasteiger partial charge in [-0.25, -0.2) is 4.79 Å². The molecule has 0 fully saturated rings. The van der Waals surface area contributed by atoms with E-state index in [1.807, 2.05) is 36.7 Å². The van der Waals surface area contributed by atoms with Crippen LogP contribution in [-0.2, 0) is 35.8 Å². The zero-order chi connectivity index (χ0) is 23.4. The molecule has 0 spiro atoms. The first-order valence-electron chi connectivity index (χ1n) is 11.2. The van der Waals surface area contributed by atoms with Crippen LogP contribution in [0, 0.1) is 0 Å². The van der Waals surface area contributed by atoms with Gasteiger partial charge in [-0.1, -0.05) is 42.1 Å². The van der Waals surface area contributed by atoms with Gasteiger partial charge in [-0.15, -0.1) is 21.5 Å². The van der Waals surface area contributed by atoms with E-state index < -0.39 is 5.25 Å². The highest BCUT2D eigenvalue weighted by Gasteiger charge is 2.28. The maximum Gasteiger partial charge on any atom is 0.341 e. The van der Waals surface area contributed by atoms with Crippen LogP contribution in [0.15, 0.2) is 35.5 Å². The first-order valence-corrected chi connectivity index (χ1v) is 12.9. The highest BCUT2D eigenvalue weighted by atomic mass is 32.2. The van der Waals surface area contributed by atoms with E-state index in [1.165, 1.54) is 28.0 Å². The summed E-state index contributed by atoms with van der Waals surface area (Å²) in [5.41, 5.74) is 2.73. The fourth-order valence-corrected chi connectivity index (χ4v) is 5.99. The molecule has 0 radical (unpaired) electrons. The van der Waals surface area contributed by atoms with Crippen LogP contribution in [0.25, 0.3) is 0 Å². The summed E-state index contributed by atoms with van der Waals surface area (Å²) in [6, 6.07) is 10.1. The van der Waals surface area contributed by atoms with E-state index in [-0.39, 0.29) is 11.9 Å². The Balaban J connectivity index is 1.46. The fourth-order valence-electron chi connectivity index (χ4n) is 3.88.